The molecule has 0 spiro atoms. The van der Waals surface area contributed by atoms with Crippen LogP contribution in [-0.4, -0.2) is 48.0 Å². The van der Waals surface area contributed by atoms with Gasteiger partial charge in [0.1, 0.15) is 5.82 Å². The van der Waals surface area contributed by atoms with Gasteiger partial charge in [0.2, 0.25) is 20.9 Å². The second kappa shape index (κ2) is 11.6. The number of rotatable bonds is 11. The molecule has 9 heteroatoms. The highest BCUT2D eigenvalue weighted by Gasteiger charge is 2.28. The van der Waals surface area contributed by atoms with E-state index < -0.39 is 21.4 Å². The van der Waals surface area contributed by atoms with E-state index in [9.17, 15) is 17.6 Å². The van der Waals surface area contributed by atoms with Gasteiger partial charge in [-0.05, 0) is 24.5 Å². The van der Waals surface area contributed by atoms with Gasteiger partial charge in [0.15, 0.2) is 0 Å². The summed E-state index contributed by atoms with van der Waals surface area (Å²) >= 11 is 0. The van der Waals surface area contributed by atoms with E-state index >= 15 is 0 Å². The quantitative estimate of drug-likeness (QED) is 0.365. The Morgan fingerprint density at radius 1 is 1.19 bits per heavy atom. The van der Waals surface area contributed by atoms with Crippen LogP contribution in [0.4, 0.5) is 4.39 Å². The summed E-state index contributed by atoms with van der Waals surface area (Å²) in [5.41, 5.74) is 1.54. The van der Waals surface area contributed by atoms with Gasteiger partial charge in [0.05, 0.1) is 43.3 Å². The van der Waals surface area contributed by atoms with Crippen LogP contribution in [0.1, 0.15) is 29.7 Å². The molecule has 7 nitrogen and oxygen atoms in total. The molecular weight excluding hydrogens is 481 g/mol. The Morgan fingerprint density at radius 2 is 1.94 bits per heavy atom. The van der Waals surface area contributed by atoms with Crippen LogP contribution in [0.5, 0.6) is 0 Å². The SMILES string of the molecule is C=CCN(Cc1cnc(S(=O)(=O)Cc2ccccc2F)n1CC1CCCO1)C(=O)Cc1ccccc1. The third-order valence-electron chi connectivity index (χ3n) is 6.15. The molecule has 1 unspecified atom stereocenters. The molecule has 3 aromatic rings. The van der Waals surface area contributed by atoms with E-state index in [0.29, 0.717) is 18.8 Å². The fourth-order valence-electron chi connectivity index (χ4n) is 4.33. The number of amides is 1. The van der Waals surface area contributed by atoms with Crippen molar-refractivity contribution in [2.45, 2.75) is 49.4 Å². The number of imidazole rings is 1. The number of carbonyl (C=O) groups excluding carboxylic acids is 1. The Bertz CT molecular complexity index is 1300. The Hall–Kier alpha value is -3.30. The number of sulfone groups is 1. The fourth-order valence-corrected chi connectivity index (χ4v) is 5.84. The molecule has 0 aliphatic carbocycles. The highest BCUT2D eigenvalue weighted by atomic mass is 32.2. The lowest BCUT2D eigenvalue weighted by atomic mass is 10.1. The third kappa shape index (κ3) is 6.27. The first-order chi connectivity index (χ1) is 17.4. The van der Waals surface area contributed by atoms with E-state index in [1.165, 1.54) is 24.4 Å². The predicted octanol–water partition coefficient (Wildman–Crippen LogP) is 3.93. The number of aromatic nitrogens is 2. The molecule has 0 N–H and O–H groups in total. The molecule has 0 radical (unpaired) electrons. The van der Waals surface area contributed by atoms with Crippen molar-refractivity contribution in [3.8, 4) is 0 Å². The molecule has 190 valence electrons. The fraction of sp³-hybridized carbons (Fsp3) is 0.333. The minimum absolute atomic E-state index is 0.0806. The van der Waals surface area contributed by atoms with Crippen LogP contribution in [0, 0.1) is 5.82 Å². The Morgan fingerprint density at radius 3 is 2.64 bits per heavy atom. The average Bonchev–Trinajstić information content (AvgIpc) is 3.52. The van der Waals surface area contributed by atoms with Crippen molar-refractivity contribution >= 4 is 15.7 Å². The number of benzene rings is 2. The molecule has 0 saturated carbocycles. The minimum Gasteiger partial charge on any atom is -0.376 e. The number of hydrogen-bond donors (Lipinski definition) is 0. The first-order valence-corrected chi connectivity index (χ1v) is 13.6. The summed E-state index contributed by atoms with van der Waals surface area (Å²) in [5, 5.41) is -0.148. The van der Waals surface area contributed by atoms with E-state index in [-0.39, 0.29) is 42.2 Å². The van der Waals surface area contributed by atoms with Crippen LogP contribution in [0.25, 0.3) is 0 Å². The molecule has 1 aromatic heterocycles. The highest BCUT2D eigenvalue weighted by molar-refractivity contribution is 7.90. The maximum Gasteiger partial charge on any atom is 0.228 e. The van der Waals surface area contributed by atoms with E-state index in [1.807, 2.05) is 30.3 Å². The van der Waals surface area contributed by atoms with Gasteiger partial charge in [0.25, 0.3) is 0 Å². The first kappa shape index (κ1) is 25.8. The monoisotopic (exact) mass is 511 g/mol. The molecule has 1 amide bonds. The van der Waals surface area contributed by atoms with Crippen molar-refractivity contribution in [2.24, 2.45) is 0 Å². The van der Waals surface area contributed by atoms with E-state index in [4.69, 9.17) is 4.74 Å². The van der Waals surface area contributed by atoms with Gasteiger partial charge in [-0.3, -0.25) is 4.79 Å². The summed E-state index contributed by atoms with van der Waals surface area (Å²) in [5.74, 6) is -1.20. The molecule has 1 aliphatic rings. The van der Waals surface area contributed by atoms with Gasteiger partial charge in [-0.25, -0.2) is 17.8 Å². The van der Waals surface area contributed by atoms with E-state index in [1.54, 1.807) is 21.6 Å². The van der Waals surface area contributed by atoms with Crippen molar-refractivity contribution in [1.82, 2.24) is 14.5 Å². The highest BCUT2D eigenvalue weighted by Crippen LogP contribution is 2.23. The van der Waals surface area contributed by atoms with E-state index in [2.05, 4.69) is 11.6 Å². The Kier molecular flexibility index (Phi) is 8.32. The van der Waals surface area contributed by atoms with Crippen molar-refractivity contribution in [1.29, 1.82) is 0 Å². The third-order valence-corrected chi connectivity index (χ3v) is 7.72. The van der Waals surface area contributed by atoms with Crippen molar-refractivity contribution in [2.75, 3.05) is 13.2 Å². The molecule has 4 rings (SSSR count). The zero-order valence-electron chi connectivity index (χ0n) is 20.1. The summed E-state index contributed by atoms with van der Waals surface area (Å²) in [6.07, 6.45) is 4.87. The lowest BCUT2D eigenvalue weighted by Crippen LogP contribution is -2.33. The second-order valence-electron chi connectivity index (χ2n) is 8.85. The molecule has 1 fully saturated rings. The van der Waals surface area contributed by atoms with Gasteiger partial charge < -0.3 is 14.2 Å². The lowest BCUT2D eigenvalue weighted by molar-refractivity contribution is -0.130. The first-order valence-electron chi connectivity index (χ1n) is 11.9. The summed E-state index contributed by atoms with van der Waals surface area (Å²) in [7, 11) is -3.97. The zero-order valence-corrected chi connectivity index (χ0v) is 20.9. The number of ether oxygens (including phenoxy) is 1. The normalized spacial score (nSPS) is 15.6. The number of nitrogens with zero attached hydrogens (tertiary/aromatic N) is 3. The smallest absolute Gasteiger partial charge is 0.228 e. The standard InChI is InChI=1S/C27H30FN3O4S/c1-2-14-30(26(32)16-21-9-4-3-5-10-21)18-23-17-29-27(31(23)19-24-12-8-15-35-24)36(33,34)20-22-11-6-7-13-25(22)28/h2-7,9-11,13,17,24H,1,8,12,14-16,18-20H2. The maximum absolute atomic E-state index is 14.2. The van der Waals surface area contributed by atoms with E-state index in [0.717, 1.165) is 18.4 Å². The molecule has 2 aromatic carbocycles. The van der Waals surface area contributed by atoms with Crippen molar-refractivity contribution in [3.63, 3.8) is 0 Å². The minimum atomic E-state index is -3.97. The summed E-state index contributed by atoms with van der Waals surface area (Å²) in [6.45, 7) is 5.13. The van der Waals surface area contributed by atoms with Gasteiger partial charge >= 0.3 is 0 Å². The molecule has 1 aliphatic heterocycles. The van der Waals surface area contributed by atoms with Crippen LogP contribution in [0.3, 0.4) is 0 Å². The topological polar surface area (TPSA) is 81.5 Å². The van der Waals surface area contributed by atoms with Crippen molar-refractivity contribution < 1.29 is 22.3 Å². The Balaban J connectivity index is 1.63. The number of hydrogen-bond acceptors (Lipinski definition) is 5. The second-order valence-corrected chi connectivity index (χ2v) is 10.7. The summed E-state index contributed by atoms with van der Waals surface area (Å²) < 4.78 is 48.3. The number of carbonyl (C=O) groups is 1. The van der Waals surface area contributed by atoms with Crippen LogP contribution in [-0.2, 0) is 44.6 Å². The van der Waals surface area contributed by atoms with Gasteiger partial charge in [-0.15, -0.1) is 6.58 Å². The molecular formula is C27H30FN3O4S. The van der Waals surface area contributed by atoms with Gasteiger partial charge in [-0.2, -0.15) is 0 Å². The van der Waals surface area contributed by atoms with Crippen LogP contribution in [0.2, 0.25) is 0 Å². The maximum atomic E-state index is 14.2. The van der Waals surface area contributed by atoms with Crippen molar-refractivity contribution in [3.05, 3.63) is 96.1 Å². The Labute approximate surface area is 211 Å². The van der Waals surface area contributed by atoms with Crippen LogP contribution >= 0.6 is 0 Å². The predicted molar refractivity (Wildman–Crippen MR) is 134 cm³/mol. The average molecular weight is 512 g/mol. The van der Waals surface area contributed by atoms with Gasteiger partial charge in [0, 0.05) is 18.7 Å². The summed E-state index contributed by atoms with van der Waals surface area (Å²) in [4.78, 5) is 19.0. The van der Waals surface area contributed by atoms with Crippen LogP contribution < -0.4 is 0 Å². The molecule has 1 atom stereocenters. The largest absolute Gasteiger partial charge is 0.376 e. The summed E-state index contributed by atoms with van der Waals surface area (Å²) in [6, 6.07) is 15.2. The zero-order chi connectivity index (χ0) is 25.5. The van der Waals surface area contributed by atoms with Crippen LogP contribution in [0.15, 0.2) is 78.6 Å². The van der Waals surface area contributed by atoms with Gasteiger partial charge in [-0.1, -0.05) is 54.6 Å². The molecule has 2 heterocycles. The lowest BCUT2D eigenvalue weighted by Gasteiger charge is -2.23. The molecule has 36 heavy (non-hydrogen) atoms. The molecule has 0 bridgehead atoms. The molecule has 1 saturated heterocycles. The number of halogens is 1.